The quantitative estimate of drug-likeness (QED) is 0.521. The maximum atomic E-state index is 11.3. The molecule has 1 atom stereocenters. The zero-order valence-corrected chi connectivity index (χ0v) is 9.04. The van der Waals surface area contributed by atoms with Gasteiger partial charge in [0, 0.05) is 25.6 Å². The first-order valence-corrected chi connectivity index (χ1v) is 5.94. The highest BCUT2D eigenvalue weighted by atomic mass is 16.3. The summed E-state index contributed by atoms with van der Waals surface area (Å²) in [6, 6.07) is 0.453. The van der Waals surface area contributed by atoms with Crippen LogP contribution in [0, 0.1) is 5.92 Å². The molecule has 0 aromatic heterocycles. The SMILES string of the molecule is O=C(CCNCC(O)C1CC1)NC1CC1. The number of hydrogen-bond acceptors (Lipinski definition) is 3. The summed E-state index contributed by atoms with van der Waals surface area (Å²) in [5, 5.41) is 15.6. The molecule has 2 aliphatic rings. The van der Waals surface area contributed by atoms with E-state index >= 15 is 0 Å². The van der Waals surface area contributed by atoms with E-state index in [-0.39, 0.29) is 12.0 Å². The van der Waals surface area contributed by atoms with Crippen LogP contribution in [0.25, 0.3) is 0 Å². The van der Waals surface area contributed by atoms with Crippen molar-refractivity contribution in [2.45, 2.75) is 44.2 Å². The van der Waals surface area contributed by atoms with E-state index in [1.165, 1.54) is 0 Å². The second kappa shape index (κ2) is 4.94. The van der Waals surface area contributed by atoms with Gasteiger partial charge in [0.2, 0.25) is 5.91 Å². The average molecular weight is 212 g/mol. The number of aliphatic hydroxyl groups is 1. The third kappa shape index (κ3) is 4.18. The molecule has 2 saturated carbocycles. The van der Waals surface area contributed by atoms with Gasteiger partial charge in [-0.05, 0) is 31.6 Å². The van der Waals surface area contributed by atoms with E-state index in [2.05, 4.69) is 10.6 Å². The molecule has 0 heterocycles. The van der Waals surface area contributed by atoms with Gasteiger partial charge in [-0.3, -0.25) is 4.79 Å². The van der Waals surface area contributed by atoms with Crippen molar-refractivity contribution in [3.8, 4) is 0 Å². The third-order valence-corrected chi connectivity index (χ3v) is 2.99. The summed E-state index contributed by atoms with van der Waals surface area (Å²) < 4.78 is 0. The van der Waals surface area contributed by atoms with Crippen molar-refractivity contribution in [2.75, 3.05) is 13.1 Å². The minimum atomic E-state index is -0.212. The van der Waals surface area contributed by atoms with Crippen molar-refractivity contribution in [2.24, 2.45) is 5.92 Å². The fraction of sp³-hybridized carbons (Fsp3) is 0.909. The van der Waals surface area contributed by atoms with E-state index in [0.29, 0.717) is 31.5 Å². The molecule has 0 radical (unpaired) electrons. The molecule has 2 fully saturated rings. The molecule has 0 saturated heterocycles. The molecule has 86 valence electrons. The maximum Gasteiger partial charge on any atom is 0.221 e. The molecule has 1 amide bonds. The highest BCUT2D eigenvalue weighted by Crippen LogP contribution is 2.32. The summed E-state index contributed by atoms with van der Waals surface area (Å²) in [6.45, 7) is 1.30. The largest absolute Gasteiger partial charge is 0.392 e. The van der Waals surface area contributed by atoms with Crippen molar-refractivity contribution in [3.63, 3.8) is 0 Å². The fourth-order valence-electron chi connectivity index (χ4n) is 1.63. The Labute approximate surface area is 90.4 Å². The molecule has 2 aliphatic carbocycles. The Bertz CT molecular complexity index is 225. The van der Waals surface area contributed by atoms with Gasteiger partial charge in [-0.1, -0.05) is 0 Å². The van der Waals surface area contributed by atoms with Gasteiger partial charge in [0.05, 0.1) is 6.10 Å². The van der Waals surface area contributed by atoms with Crippen molar-refractivity contribution in [1.82, 2.24) is 10.6 Å². The Morgan fingerprint density at radius 2 is 2.07 bits per heavy atom. The van der Waals surface area contributed by atoms with E-state index in [1.807, 2.05) is 0 Å². The first-order valence-electron chi connectivity index (χ1n) is 5.94. The van der Waals surface area contributed by atoms with Crippen LogP contribution in [0.1, 0.15) is 32.1 Å². The Morgan fingerprint density at radius 1 is 1.33 bits per heavy atom. The maximum absolute atomic E-state index is 11.3. The lowest BCUT2D eigenvalue weighted by Crippen LogP contribution is -2.33. The Hall–Kier alpha value is -0.610. The first kappa shape index (κ1) is 10.9. The van der Waals surface area contributed by atoms with Crippen molar-refractivity contribution in [3.05, 3.63) is 0 Å². The fourth-order valence-corrected chi connectivity index (χ4v) is 1.63. The molecule has 15 heavy (non-hydrogen) atoms. The molecule has 0 aliphatic heterocycles. The number of hydrogen-bond donors (Lipinski definition) is 3. The van der Waals surface area contributed by atoms with Crippen molar-refractivity contribution in [1.29, 1.82) is 0 Å². The van der Waals surface area contributed by atoms with Crippen molar-refractivity contribution < 1.29 is 9.90 Å². The standard InChI is InChI=1S/C11H20N2O2/c14-10(8-1-2-8)7-12-6-5-11(15)13-9-3-4-9/h8-10,12,14H,1-7H2,(H,13,15). The minimum absolute atomic E-state index is 0.130. The summed E-state index contributed by atoms with van der Waals surface area (Å²) in [6.07, 6.45) is 4.90. The number of rotatable bonds is 7. The third-order valence-electron chi connectivity index (χ3n) is 2.99. The van der Waals surface area contributed by atoms with Crippen LogP contribution in [0.4, 0.5) is 0 Å². The van der Waals surface area contributed by atoms with Crippen LogP contribution in [-0.2, 0) is 4.79 Å². The predicted molar refractivity (Wildman–Crippen MR) is 57.4 cm³/mol. The van der Waals surface area contributed by atoms with Crippen LogP contribution in [0.15, 0.2) is 0 Å². The highest BCUT2D eigenvalue weighted by molar-refractivity contribution is 5.76. The number of carbonyl (C=O) groups is 1. The van der Waals surface area contributed by atoms with Crippen LogP contribution in [0.3, 0.4) is 0 Å². The molecule has 0 bridgehead atoms. The van der Waals surface area contributed by atoms with Gasteiger partial charge in [-0.25, -0.2) is 0 Å². The molecule has 3 N–H and O–H groups in total. The molecule has 2 rings (SSSR count). The Morgan fingerprint density at radius 3 is 2.67 bits per heavy atom. The number of aliphatic hydroxyl groups excluding tert-OH is 1. The highest BCUT2D eigenvalue weighted by Gasteiger charge is 2.29. The summed E-state index contributed by atoms with van der Waals surface area (Å²) in [4.78, 5) is 11.3. The lowest BCUT2D eigenvalue weighted by atomic mass is 10.2. The number of nitrogens with one attached hydrogen (secondary N) is 2. The first-order chi connectivity index (χ1) is 7.25. The monoisotopic (exact) mass is 212 g/mol. The van der Waals surface area contributed by atoms with E-state index in [0.717, 1.165) is 25.7 Å². The predicted octanol–water partition coefficient (Wildman–Crippen LogP) is 0.0156. The van der Waals surface area contributed by atoms with Gasteiger partial charge in [0.15, 0.2) is 0 Å². The van der Waals surface area contributed by atoms with Crippen LogP contribution in [-0.4, -0.2) is 36.2 Å². The lowest BCUT2D eigenvalue weighted by molar-refractivity contribution is -0.121. The Balaban J connectivity index is 1.44. The van der Waals surface area contributed by atoms with Crippen LogP contribution < -0.4 is 10.6 Å². The molecule has 0 aromatic rings. The smallest absolute Gasteiger partial charge is 0.221 e. The second-order valence-electron chi connectivity index (χ2n) is 4.70. The molecule has 0 spiro atoms. The van der Waals surface area contributed by atoms with Gasteiger partial charge in [0.25, 0.3) is 0 Å². The topological polar surface area (TPSA) is 61.4 Å². The number of carbonyl (C=O) groups excluding carboxylic acids is 1. The van der Waals surface area contributed by atoms with Crippen LogP contribution in [0.2, 0.25) is 0 Å². The van der Waals surface area contributed by atoms with Gasteiger partial charge < -0.3 is 15.7 Å². The molecule has 0 aromatic carbocycles. The summed E-state index contributed by atoms with van der Waals surface area (Å²) in [5.41, 5.74) is 0. The van der Waals surface area contributed by atoms with Gasteiger partial charge in [-0.15, -0.1) is 0 Å². The molecular formula is C11H20N2O2. The molecule has 4 nitrogen and oxygen atoms in total. The summed E-state index contributed by atoms with van der Waals surface area (Å²) in [5.74, 6) is 0.642. The molecule has 1 unspecified atom stereocenters. The van der Waals surface area contributed by atoms with Gasteiger partial charge in [-0.2, -0.15) is 0 Å². The number of amides is 1. The normalized spacial score (nSPS) is 22.5. The van der Waals surface area contributed by atoms with E-state index < -0.39 is 0 Å². The van der Waals surface area contributed by atoms with E-state index in [1.54, 1.807) is 0 Å². The van der Waals surface area contributed by atoms with Crippen LogP contribution >= 0.6 is 0 Å². The van der Waals surface area contributed by atoms with E-state index in [4.69, 9.17) is 0 Å². The zero-order chi connectivity index (χ0) is 10.7. The molecule has 4 heteroatoms. The van der Waals surface area contributed by atoms with E-state index in [9.17, 15) is 9.90 Å². The summed E-state index contributed by atoms with van der Waals surface area (Å²) in [7, 11) is 0. The summed E-state index contributed by atoms with van der Waals surface area (Å²) >= 11 is 0. The average Bonchev–Trinajstić information content (AvgIpc) is 3.00. The molecular weight excluding hydrogens is 192 g/mol. The minimum Gasteiger partial charge on any atom is -0.392 e. The van der Waals surface area contributed by atoms with Gasteiger partial charge >= 0.3 is 0 Å². The second-order valence-corrected chi connectivity index (χ2v) is 4.70. The van der Waals surface area contributed by atoms with Gasteiger partial charge in [0.1, 0.15) is 0 Å². The van der Waals surface area contributed by atoms with Crippen molar-refractivity contribution >= 4 is 5.91 Å². The lowest BCUT2D eigenvalue weighted by Gasteiger charge is -2.10. The van der Waals surface area contributed by atoms with Crippen LogP contribution in [0.5, 0.6) is 0 Å². The zero-order valence-electron chi connectivity index (χ0n) is 9.04. The Kier molecular flexibility index (Phi) is 3.59.